The summed E-state index contributed by atoms with van der Waals surface area (Å²) in [4.78, 5) is 0. The summed E-state index contributed by atoms with van der Waals surface area (Å²) in [5.41, 5.74) is 8.84. The summed E-state index contributed by atoms with van der Waals surface area (Å²) in [5, 5.41) is 4.18. The Bertz CT molecular complexity index is 2500. The Labute approximate surface area is 291 Å². The zero-order chi connectivity index (χ0) is 34.2. The summed E-state index contributed by atoms with van der Waals surface area (Å²) in [7, 11) is 5.07. The van der Waals surface area contributed by atoms with E-state index in [2.05, 4.69) is 105 Å². The number of furan rings is 1. The Hall–Kier alpha value is -5.68. The fourth-order valence-electron chi connectivity index (χ4n) is 8.75. The zero-order valence-corrected chi connectivity index (χ0v) is 28.9. The van der Waals surface area contributed by atoms with Crippen LogP contribution < -0.4 is 18.9 Å². The molecule has 0 saturated carbocycles. The van der Waals surface area contributed by atoms with Crippen LogP contribution >= 0.6 is 0 Å². The number of methoxy groups -OCH3 is 3. The second-order valence-electron chi connectivity index (χ2n) is 13.3. The lowest BCUT2D eigenvalue weighted by Crippen LogP contribution is -2.35. The standard InChI is InChI=1S/C45H38O5/c1-6-44(7-2)36-14-10-8-13-31(36)41-34-25-39(47-4)40(48-5)26-35(34)43-32(42(41)44)22-23-45(50-43,27-16-19-29(46-3)20-17-27)28-18-21-38-33(24-28)30-12-9-11-15-37(30)49-38/h8-26H,6-7H2,1-5H3. The van der Waals surface area contributed by atoms with Crippen LogP contribution in [0.3, 0.4) is 0 Å². The maximum Gasteiger partial charge on any atom is 0.178 e. The average Bonchev–Trinajstić information content (AvgIpc) is 3.70. The molecule has 0 radical (unpaired) electrons. The number of fused-ring (bicyclic) bond motifs is 11. The Balaban J connectivity index is 1.39. The van der Waals surface area contributed by atoms with Crippen LogP contribution in [0.2, 0.25) is 0 Å². The molecule has 0 spiro atoms. The molecule has 248 valence electrons. The Kier molecular flexibility index (Phi) is 6.79. The molecule has 0 saturated heterocycles. The summed E-state index contributed by atoms with van der Waals surface area (Å²) >= 11 is 0. The van der Waals surface area contributed by atoms with Crippen LogP contribution in [0.4, 0.5) is 0 Å². The molecule has 5 nitrogen and oxygen atoms in total. The third kappa shape index (κ3) is 4.00. The summed E-state index contributed by atoms with van der Waals surface area (Å²) in [6, 6.07) is 35.9. The van der Waals surface area contributed by atoms with Gasteiger partial charge in [0.1, 0.15) is 22.7 Å². The lowest BCUT2D eigenvalue weighted by Gasteiger charge is -2.39. The van der Waals surface area contributed by atoms with Crippen LogP contribution in [-0.2, 0) is 11.0 Å². The van der Waals surface area contributed by atoms with Crippen LogP contribution in [0.25, 0.3) is 49.9 Å². The van der Waals surface area contributed by atoms with E-state index in [1.54, 1.807) is 21.3 Å². The SMILES string of the molecule is CCC1(CC)c2ccccc2-c2c1c1c(c3cc(OC)c(OC)cc23)OC(c2ccc(OC)cc2)(c2ccc3oc4ccccc4c3c2)C=C1. The molecule has 1 aliphatic carbocycles. The van der Waals surface area contributed by atoms with Crippen LogP contribution in [-0.4, -0.2) is 21.3 Å². The lowest BCUT2D eigenvalue weighted by molar-refractivity contribution is 0.163. The van der Waals surface area contributed by atoms with E-state index in [1.165, 1.54) is 22.3 Å². The highest BCUT2D eigenvalue weighted by molar-refractivity contribution is 6.10. The first-order valence-corrected chi connectivity index (χ1v) is 17.3. The fraction of sp³-hybridized carbons (Fsp3) is 0.200. The van der Waals surface area contributed by atoms with Crippen molar-refractivity contribution < 1.29 is 23.4 Å². The predicted molar refractivity (Wildman–Crippen MR) is 201 cm³/mol. The number of para-hydroxylation sites is 1. The molecule has 2 aliphatic rings. The van der Waals surface area contributed by atoms with E-state index < -0.39 is 5.60 Å². The minimum absolute atomic E-state index is 0.181. The van der Waals surface area contributed by atoms with Crippen molar-refractivity contribution in [3.63, 3.8) is 0 Å². The van der Waals surface area contributed by atoms with E-state index in [0.717, 1.165) is 73.7 Å². The highest BCUT2D eigenvalue weighted by Crippen LogP contribution is 2.61. The smallest absolute Gasteiger partial charge is 0.178 e. The predicted octanol–water partition coefficient (Wildman–Crippen LogP) is 11.2. The molecule has 1 aliphatic heterocycles. The molecule has 1 unspecified atom stereocenters. The Morgan fingerprint density at radius 3 is 2.04 bits per heavy atom. The van der Waals surface area contributed by atoms with Gasteiger partial charge in [-0.2, -0.15) is 0 Å². The van der Waals surface area contributed by atoms with Crippen molar-refractivity contribution >= 4 is 38.8 Å². The van der Waals surface area contributed by atoms with Crippen molar-refractivity contribution in [2.75, 3.05) is 21.3 Å². The number of rotatable bonds is 7. The maximum atomic E-state index is 7.64. The third-order valence-electron chi connectivity index (χ3n) is 11.3. The van der Waals surface area contributed by atoms with Crippen molar-refractivity contribution in [3.05, 3.63) is 137 Å². The molecule has 2 heterocycles. The Morgan fingerprint density at radius 2 is 1.30 bits per heavy atom. The van der Waals surface area contributed by atoms with E-state index in [-0.39, 0.29) is 5.41 Å². The third-order valence-corrected chi connectivity index (χ3v) is 11.3. The largest absolute Gasteiger partial charge is 0.497 e. The van der Waals surface area contributed by atoms with Gasteiger partial charge in [0, 0.05) is 38.3 Å². The van der Waals surface area contributed by atoms with Gasteiger partial charge in [-0.1, -0.05) is 80.6 Å². The maximum absolute atomic E-state index is 7.64. The first-order valence-electron chi connectivity index (χ1n) is 17.3. The molecular formula is C45H38O5. The molecule has 0 amide bonds. The molecule has 1 aromatic heterocycles. The van der Waals surface area contributed by atoms with Gasteiger partial charge in [-0.3, -0.25) is 0 Å². The molecule has 1 atom stereocenters. The van der Waals surface area contributed by atoms with Gasteiger partial charge < -0.3 is 23.4 Å². The molecular weight excluding hydrogens is 620 g/mol. The molecule has 6 aromatic carbocycles. The quantitative estimate of drug-likeness (QED) is 0.171. The van der Waals surface area contributed by atoms with Crippen molar-refractivity contribution in [1.82, 2.24) is 0 Å². The molecule has 50 heavy (non-hydrogen) atoms. The van der Waals surface area contributed by atoms with Gasteiger partial charge in [0.05, 0.1) is 21.3 Å². The van der Waals surface area contributed by atoms with Crippen molar-refractivity contribution in [2.24, 2.45) is 0 Å². The highest BCUT2D eigenvalue weighted by atomic mass is 16.5. The number of ether oxygens (including phenoxy) is 4. The van der Waals surface area contributed by atoms with Gasteiger partial charge in [0.15, 0.2) is 17.1 Å². The number of benzene rings is 6. The first-order chi connectivity index (χ1) is 24.5. The fourth-order valence-corrected chi connectivity index (χ4v) is 8.75. The lowest BCUT2D eigenvalue weighted by atomic mass is 9.71. The monoisotopic (exact) mass is 658 g/mol. The normalized spacial score (nSPS) is 17.0. The zero-order valence-electron chi connectivity index (χ0n) is 28.9. The van der Waals surface area contributed by atoms with Gasteiger partial charge in [-0.25, -0.2) is 0 Å². The molecule has 0 N–H and O–H groups in total. The molecule has 7 aromatic rings. The minimum Gasteiger partial charge on any atom is -0.497 e. The molecule has 5 heteroatoms. The summed E-state index contributed by atoms with van der Waals surface area (Å²) < 4.78 is 31.3. The second kappa shape index (κ2) is 11.2. The van der Waals surface area contributed by atoms with Crippen LogP contribution in [0.5, 0.6) is 23.0 Å². The molecule has 9 rings (SSSR count). The number of hydrogen-bond donors (Lipinski definition) is 0. The molecule has 0 bridgehead atoms. The topological polar surface area (TPSA) is 50.1 Å². The van der Waals surface area contributed by atoms with Crippen LogP contribution in [0.1, 0.15) is 54.5 Å². The van der Waals surface area contributed by atoms with Crippen LogP contribution in [0.15, 0.2) is 114 Å². The van der Waals surface area contributed by atoms with Gasteiger partial charge in [-0.15, -0.1) is 0 Å². The van der Waals surface area contributed by atoms with E-state index in [9.17, 15) is 0 Å². The summed E-state index contributed by atoms with van der Waals surface area (Å²) in [6.45, 7) is 4.61. The van der Waals surface area contributed by atoms with Gasteiger partial charge >= 0.3 is 0 Å². The van der Waals surface area contributed by atoms with E-state index in [0.29, 0.717) is 11.5 Å². The summed E-state index contributed by atoms with van der Waals surface area (Å²) in [5.74, 6) is 2.96. The second-order valence-corrected chi connectivity index (χ2v) is 13.3. The molecule has 0 fully saturated rings. The first kappa shape index (κ1) is 30.4. The van der Waals surface area contributed by atoms with Gasteiger partial charge in [-0.05, 0) is 89.0 Å². The van der Waals surface area contributed by atoms with E-state index >= 15 is 0 Å². The Morgan fingerprint density at radius 1 is 0.620 bits per heavy atom. The van der Waals surface area contributed by atoms with Gasteiger partial charge in [0.25, 0.3) is 0 Å². The van der Waals surface area contributed by atoms with E-state index in [1.807, 2.05) is 24.3 Å². The number of hydrogen-bond acceptors (Lipinski definition) is 5. The van der Waals surface area contributed by atoms with Gasteiger partial charge in [0.2, 0.25) is 0 Å². The van der Waals surface area contributed by atoms with Crippen LogP contribution in [0, 0.1) is 0 Å². The summed E-state index contributed by atoms with van der Waals surface area (Å²) in [6.07, 6.45) is 6.47. The highest BCUT2D eigenvalue weighted by Gasteiger charge is 2.47. The van der Waals surface area contributed by atoms with Crippen molar-refractivity contribution in [1.29, 1.82) is 0 Å². The van der Waals surface area contributed by atoms with E-state index in [4.69, 9.17) is 23.4 Å². The average molecular weight is 659 g/mol. The van der Waals surface area contributed by atoms with Crippen molar-refractivity contribution in [2.45, 2.75) is 37.7 Å². The minimum atomic E-state index is -0.966. The van der Waals surface area contributed by atoms with Crippen molar-refractivity contribution in [3.8, 4) is 34.1 Å².